The molecule has 1 aromatic carbocycles. The van der Waals surface area contributed by atoms with Crippen molar-refractivity contribution in [2.75, 3.05) is 5.32 Å². The third kappa shape index (κ3) is 4.40. The van der Waals surface area contributed by atoms with Crippen LogP contribution in [0.2, 0.25) is 0 Å². The average molecular weight is 437 g/mol. The first-order chi connectivity index (χ1) is 15.0. The van der Waals surface area contributed by atoms with Crippen molar-refractivity contribution < 1.29 is 19.5 Å². The number of ketones is 1. The molecule has 1 aromatic heterocycles. The summed E-state index contributed by atoms with van der Waals surface area (Å²) in [6, 6.07) is 8.72. The molecule has 1 amide bonds. The molecule has 2 aliphatic rings. The second-order valence-corrected chi connectivity index (χ2v) is 9.47. The first kappa shape index (κ1) is 21.3. The minimum Gasteiger partial charge on any atom is -0.481 e. The molecule has 6 nitrogen and oxygen atoms in total. The van der Waals surface area contributed by atoms with Gasteiger partial charge in [0.1, 0.15) is 5.78 Å². The van der Waals surface area contributed by atoms with Crippen LogP contribution in [0.5, 0.6) is 0 Å². The predicted octanol–water partition coefficient (Wildman–Crippen LogP) is 4.36. The second-order valence-electron chi connectivity index (χ2n) is 8.28. The zero-order valence-electron chi connectivity index (χ0n) is 17.1. The second kappa shape index (κ2) is 9.03. The van der Waals surface area contributed by atoms with Gasteiger partial charge in [-0.05, 0) is 61.9 Å². The van der Waals surface area contributed by atoms with E-state index in [4.69, 9.17) is 5.26 Å². The Labute approximate surface area is 184 Å². The zero-order chi connectivity index (χ0) is 22.0. The van der Waals surface area contributed by atoms with Crippen LogP contribution in [0.15, 0.2) is 24.3 Å². The van der Waals surface area contributed by atoms with Crippen LogP contribution in [0.1, 0.15) is 63.3 Å². The van der Waals surface area contributed by atoms with E-state index in [2.05, 4.69) is 11.4 Å². The highest BCUT2D eigenvalue weighted by atomic mass is 32.1. The summed E-state index contributed by atoms with van der Waals surface area (Å²) in [6.45, 7) is 0. The Morgan fingerprint density at radius 2 is 1.77 bits per heavy atom. The fourth-order valence-corrected chi connectivity index (χ4v) is 6.18. The van der Waals surface area contributed by atoms with E-state index in [1.54, 1.807) is 24.3 Å². The summed E-state index contributed by atoms with van der Waals surface area (Å²) in [5, 5.41) is 21.4. The molecule has 0 bridgehead atoms. The number of amides is 1. The summed E-state index contributed by atoms with van der Waals surface area (Å²) in [4.78, 5) is 39.8. The number of hydrogen-bond donors (Lipinski definition) is 2. The SMILES string of the molecule is N#Cc1ccc(NC(=O)c2c(CC(=O)C3CCCCC3C(=O)O)sc3c2CCC3)cc1. The van der Waals surface area contributed by atoms with Crippen molar-refractivity contribution in [3.8, 4) is 6.07 Å². The van der Waals surface area contributed by atoms with Gasteiger partial charge in [0.25, 0.3) is 5.91 Å². The van der Waals surface area contributed by atoms with Crippen LogP contribution in [-0.4, -0.2) is 22.8 Å². The van der Waals surface area contributed by atoms with Gasteiger partial charge in [-0.2, -0.15) is 5.26 Å². The molecule has 2 aromatic rings. The highest BCUT2D eigenvalue weighted by Gasteiger charge is 2.36. The lowest BCUT2D eigenvalue weighted by atomic mass is 9.76. The number of anilines is 1. The van der Waals surface area contributed by atoms with E-state index >= 15 is 0 Å². The lowest BCUT2D eigenvalue weighted by Crippen LogP contribution is -2.33. The number of fused-ring (bicyclic) bond motifs is 1. The molecule has 160 valence electrons. The van der Waals surface area contributed by atoms with Crippen molar-refractivity contribution in [3.05, 3.63) is 50.7 Å². The topological polar surface area (TPSA) is 107 Å². The number of rotatable bonds is 6. The third-order valence-electron chi connectivity index (χ3n) is 6.32. The Hall–Kier alpha value is -2.98. The van der Waals surface area contributed by atoms with Crippen molar-refractivity contribution in [3.63, 3.8) is 0 Å². The molecule has 1 heterocycles. The van der Waals surface area contributed by atoms with Crippen molar-refractivity contribution in [1.82, 2.24) is 0 Å². The van der Waals surface area contributed by atoms with Gasteiger partial charge in [0, 0.05) is 27.8 Å². The smallest absolute Gasteiger partial charge is 0.307 e. The minimum absolute atomic E-state index is 0.0700. The van der Waals surface area contributed by atoms with Gasteiger partial charge in [0.15, 0.2) is 0 Å². The number of Topliss-reactive ketones (excluding diaryl/α,β-unsaturated/α-hetero) is 1. The standard InChI is InChI=1S/C24H24N2O4S/c25-13-14-8-10-15(11-9-14)26-23(28)22-18-6-3-7-20(18)31-21(22)12-19(27)16-4-1-2-5-17(16)24(29)30/h8-11,16-17H,1-7,12H2,(H,26,28)(H,29,30). The Morgan fingerprint density at radius 3 is 2.45 bits per heavy atom. The predicted molar refractivity (Wildman–Crippen MR) is 117 cm³/mol. The summed E-state index contributed by atoms with van der Waals surface area (Å²) in [7, 11) is 0. The lowest BCUT2D eigenvalue weighted by molar-refractivity contribution is -0.148. The number of aryl methyl sites for hydroxylation is 1. The number of nitrogens with zero attached hydrogens (tertiary/aromatic N) is 1. The number of benzene rings is 1. The van der Waals surface area contributed by atoms with E-state index in [0.717, 1.165) is 47.4 Å². The molecular formula is C24H24N2O4S. The molecule has 1 fully saturated rings. The Bertz CT molecular complexity index is 1060. The first-order valence-corrected chi connectivity index (χ1v) is 11.5. The number of carboxylic acid groups (broad SMARTS) is 1. The molecule has 4 rings (SSSR count). The molecule has 2 aliphatic carbocycles. The molecule has 7 heteroatoms. The van der Waals surface area contributed by atoms with Crippen molar-refractivity contribution in [2.24, 2.45) is 11.8 Å². The number of carboxylic acids is 1. The monoisotopic (exact) mass is 436 g/mol. The highest BCUT2D eigenvalue weighted by molar-refractivity contribution is 7.12. The number of aliphatic carboxylic acids is 1. The maximum atomic E-state index is 13.2. The molecule has 2 unspecified atom stereocenters. The zero-order valence-corrected chi connectivity index (χ0v) is 18.0. The van der Waals surface area contributed by atoms with Crippen LogP contribution in [-0.2, 0) is 28.9 Å². The van der Waals surface area contributed by atoms with Gasteiger partial charge in [0.05, 0.1) is 23.1 Å². The fraction of sp³-hybridized carbons (Fsp3) is 0.417. The summed E-state index contributed by atoms with van der Waals surface area (Å²) >= 11 is 1.52. The van der Waals surface area contributed by atoms with Gasteiger partial charge in [-0.3, -0.25) is 14.4 Å². The highest BCUT2D eigenvalue weighted by Crippen LogP contribution is 2.38. The van der Waals surface area contributed by atoms with Crippen LogP contribution >= 0.6 is 11.3 Å². The lowest BCUT2D eigenvalue weighted by Gasteiger charge is -2.27. The van der Waals surface area contributed by atoms with Crippen LogP contribution in [0.3, 0.4) is 0 Å². The molecular weight excluding hydrogens is 412 g/mol. The molecule has 0 radical (unpaired) electrons. The Morgan fingerprint density at radius 1 is 1.06 bits per heavy atom. The van der Waals surface area contributed by atoms with E-state index in [-0.39, 0.29) is 18.1 Å². The van der Waals surface area contributed by atoms with Crippen LogP contribution in [0, 0.1) is 23.2 Å². The van der Waals surface area contributed by atoms with E-state index in [1.807, 2.05) is 0 Å². The number of carbonyl (C=O) groups is 3. The van der Waals surface area contributed by atoms with Crippen molar-refractivity contribution >= 4 is 34.7 Å². The van der Waals surface area contributed by atoms with E-state index in [1.165, 1.54) is 11.3 Å². The van der Waals surface area contributed by atoms with Crippen LogP contribution < -0.4 is 5.32 Å². The van der Waals surface area contributed by atoms with Crippen LogP contribution in [0.25, 0.3) is 0 Å². The van der Waals surface area contributed by atoms with Gasteiger partial charge in [-0.25, -0.2) is 0 Å². The molecule has 0 saturated heterocycles. The molecule has 0 spiro atoms. The summed E-state index contributed by atoms with van der Waals surface area (Å²) in [5.41, 5.74) is 2.72. The minimum atomic E-state index is -0.898. The molecule has 2 atom stereocenters. The Balaban J connectivity index is 1.57. The van der Waals surface area contributed by atoms with E-state index < -0.39 is 17.8 Å². The summed E-state index contributed by atoms with van der Waals surface area (Å²) in [5.74, 6) is -2.31. The van der Waals surface area contributed by atoms with Gasteiger partial charge in [-0.15, -0.1) is 11.3 Å². The number of nitriles is 1. The molecule has 1 saturated carbocycles. The molecule has 2 N–H and O–H groups in total. The Kier molecular flexibility index (Phi) is 6.19. The van der Waals surface area contributed by atoms with Gasteiger partial charge in [0.2, 0.25) is 0 Å². The maximum absolute atomic E-state index is 13.2. The number of nitrogens with one attached hydrogen (secondary N) is 1. The maximum Gasteiger partial charge on any atom is 0.307 e. The molecule has 0 aliphatic heterocycles. The largest absolute Gasteiger partial charge is 0.481 e. The van der Waals surface area contributed by atoms with Gasteiger partial charge >= 0.3 is 5.97 Å². The van der Waals surface area contributed by atoms with Crippen LogP contribution in [0.4, 0.5) is 5.69 Å². The van der Waals surface area contributed by atoms with Crippen molar-refractivity contribution in [2.45, 2.75) is 51.4 Å². The first-order valence-electron chi connectivity index (χ1n) is 10.7. The fourth-order valence-electron chi connectivity index (χ4n) is 4.77. The number of carbonyl (C=O) groups excluding carboxylic acids is 2. The normalized spacial score (nSPS) is 20.0. The van der Waals surface area contributed by atoms with Crippen molar-refractivity contribution in [1.29, 1.82) is 5.26 Å². The number of hydrogen-bond acceptors (Lipinski definition) is 5. The average Bonchev–Trinajstić information content (AvgIpc) is 3.35. The summed E-state index contributed by atoms with van der Waals surface area (Å²) in [6.07, 6.45) is 5.69. The third-order valence-corrected chi connectivity index (χ3v) is 7.62. The van der Waals surface area contributed by atoms with E-state index in [0.29, 0.717) is 29.7 Å². The van der Waals surface area contributed by atoms with E-state index in [9.17, 15) is 19.5 Å². The quantitative estimate of drug-likeness (QED) is 0.699. The van der Waals surface area contributed by atoms with Gasteiger partial charge < -0.3 is 10.4 Å². The molecule has 31 heavy (non-hydrogen) atoms. The van der Waals surface area contributed by atoms with Gasteiger partial charge in [-0.1, -0.05) is 12.8 Å². The summed E-state index contributed by atoms with van der Waals surface area (Å²) < 4.78 is 0. The number of thiophene rings is 1.